The van der Waals surface area contributed by atoms with Crippen LogP contribution in [0.3, 0.4) is 0 Å². The minimum Gasteiger partial charge on any atom is -0.493 e. The lowest BCUT2D eigenvalue weighted by molar-refractivity contribution is 0.299. The van der Waals surface area contributed by atoms with Crippen LogP contribution >= 0.6 is 0 Å². The third kappa shape index (κ3) is 2.02. The van der Waals surface area contributed by atoms with Crippen molar-refractivity contribution in [3.05, 3.63) is 35.5 Å². The number of rotatable bonds is 3. The monoisotopic (exact) mass is 287 g/mol. The van der Waals surface area contributed by atoms with E-state index in [0.29, 0.717) is 5.92 Å². The van der Waals surface area contributed by atoms with Crippen LogP contribution in [0.5, 0.6) is 11.5 Å². The molecular formula is C18H25NO2. The van der Waals surface area contributed by atoms with Gasteiger partial charge in [0, 0.05) is 24.7 Å². The first-order valence-corrected chi connectivity index (χ1v) is 7.77. The molecule has 1 aliphatic heterocycles. The van der Waals surface area contributed by atoms with Gasteiger partial charge in [0.25, 0.3) is 0 Å². The van der Waals surface area contributed by atoms with Crippen molar-refractivity contribution in [2.45, 2.75) is 31.6 Å². The van der Waals surface area contributed by atoms with Crippen molar-refractivity contribution in [3.63, 3.8) is 0 Å². The number of nitrogens with zero attached hydrogens (tertiary/aromatic N) is 1. The number of benzene rings is 1. The second kappa shape index (κ2) is 5.28. The van der Waals surface area contributed by atoms with E-state index in [1.807, 2.05) is 6.07 Å². The quantitative estimate of drug-likeness (QED) is 0.848. The van der Waals surface area contributed by atoms with Crippen LogP contribution in [0.2, 0.25) is 0 Å². The lowest BCUT2D eigenvalue weighted by Crippen LogP contribution is -2.36. The van der Waals surface area contributed by atoms with Crippen molar-refractivity contribution >= 4 is 0 Å². The van der Waals surface area contributed by atoms with Gasteiger partial charge < -0.3 is 14.4 Å². The van der Waals surface area contributed by atoms with Gasteiger partial charge in [-0.1, -0.05) is 19.1 Å². The van der Waals surface area contributed by atoms with E-state index in [1.165, 1.54) is 30.5 Å². The van der Waals surface area contributed by atoms with Crippen molar-refractivity contribution in [2.75, 3.05) is 27.8 Å². The molecule has 0 spiro atoms. The summed E-state index contributed by atoms with van der Waals surface area (Å²) >= 11 is 0. The number of likely N-dealkylation sites (N-methyl/N-ethyl adjacent to an activating group) is 1. The Kier molecular flexibility index (Phi) is 3.60. The van der Waals surface area contributed by atoms with Crippen LogP contribution < -0.4 is 9.47 Å². The molecule has 1 aromatic rings. The van der Waals surface area contributed by atoms with E-state index < -0.39 is 0 Å². The summed E-state index contributed by atoms with van der Waals surface area (Å²) in [7, 11) is 5.61. The van der Waals surface area contributed by atoms with Gasteiger partial charge in [-0.2, -0.15) is 0 Å². The Morgan fingerprint density at radius 2 is 1.95 bits per heavy atom. The van der Waals surface area contributed by atoms with Gasteiger partial charge >= 0.3 is 0 Å². The molecule has 0 N–H and O–H groups in total. The van der Waals surface area contributed by atoms with E-state index in [2.05, 4.69) is 37.1 Å². The average molecular weight is 287 g/mol. The maximum Gasteiger partial charge on any atom is 0.161 e. The number of hydrogen-bond acceptors (Lipinski definition) is 3. The molecule has 1 fully saturated rings. The van der Waals surface area contributed by atoms with Crippen LogP contribution in [0.25, 0.3) is 0 Å². The first-order valence-electron chi connectivity index (χ1n) is 7.77. The number of methoxy groups -OCH3 is 2. The molecule has 1 heterocycles. The number of allylic oxidation sites excluding steroid dienone is 2. The maximum absolute atomic E-state index is 5.52. The molecule has 3 heteroatoms. The fraction of sp³-hybridized carbons (Fsp3) is 0.556. The van der Waals surface area contributed by atoms with Gasteiger partial charge in [0.15, 0.2) is 11.5 Å². The van der Waals surface area contributed by atoms with Crippen LogP contribution in [0.4, 0.5) is 0 Å². The molecule has 0 amide bonds. The first-order chi connectivity index (χ1) is 10.1. The Labute approximate surface area is 127 Å². The molecule has 0 bridgehead atoms. The number of likely N-dealkylation sites (tertiary alicyclic amines) is 1. The largest absolute Gasteiger partial charge is 0.493 e. The minimum atomic E-state index is 0.145. The van der Waals surface area contributed by atoms with Gasteiger partial charge in [-0.15, -0.1) is 0 Å². The average Bonchev–Trinajstić information content (AvgIpc) is 2.86. The zero-order chi connectivity index (χ0) is 15.0. The minimum absolute atomic E-state index is 0.145. The predicted molar refractivity (Wildman–Crippen MR) is 85.0 cm³/mol. The summed E-state index contributed by atoms with van der Waals surface area (Å²) in [5.41, 5.74) is 3.00. The molecule has 3 rings (SSSR count). The summed E-state index contributed by atoms with van der Waals surface area (Å²) < 4.78 is 10.9. The van der Waals surface area contributed by atoms with Gasteiger partial charge in [-0.05, 0) is 42.9 Å². The van der Waals surface area contributed by atoms with E-state index in [-0.39, 0.29) is 5.41 Å². The highest BCUT2D eigenvalue weighted by atomic mass is 16.5. The maximum atomic E-state index is 5.52. The predicted octanol–water partition coefficient (Wildman–Crippen LogP) is 3.59. The molecule has 2 aliphatic rings. The standard InChI is InChI=1S/C18H25NO2/c1-13-6-5-7-17-18(13,10-11-19(17)2)14-8-9-15(20-3)16(12-14)21-4/h7-9,12-13H,5-6,10-11H2,1-4H3/t13-,18-/m1/s1. The molecule has 0 unspecified atom stereocenters. The highest BCUT2D eigenvalue weighted by molar-refractivity contribution is 5.49. The van der Waals surface area contributed by atoms with Gasteiger partial charge in [0.05, 0.1) is 14.2 Å². The lowest BCUT2D eigenvalue weighted by atomic mass is 9.64. The third-order valence-corrected chi connectivity index (χ3v) is 5.39. The molecule has 0 aromatic heterocycles. The third-order valence-electron chi connectivity index (χ3n) is 5.39. The van der Waals surface area contributed by atoms with Crippen molar-refractivity contribution in [1.29, 1.82) is 0 Å². The van der Waals surface area contributed by atoms with E-state index >= 15 is 0 Å². The summed E-state index contributed by atoms with van der Waals surface area (Å²) in [5, 5.41) is 0. The van der Waals surface area contributed by atoms with Crippen LogP contribution in [0.1, 0.15) is 31.7 Å². The summed E-state index contributed by atoms with van der Waals surface area (Å²) in [6.07, 6.45) is 6.07. The summed E-state index contributed by atoms with van der Waals surface area (Å²) in [5.74, 6) is 2.29. The van der Waals surface area contributed by atoms with Crippen molar-refractivity contribution in [3.8, 4) is 11.5 Å². The second-order valence-corrected chi connectivity index (χ2v) is 6.28. The molecule has 1 aliphatic carbocycles. The zero-order valence-electron chi connectivity index (χ0n) is 13.5. The van der Waals surface area contributed by atoms with Gasteiger partial charge in [0.2, 0.25) is 0 Å². The Morgan fingerprint density at radius 3 is 2.67 bits per heavy atom. The Balaban J connectivity index is 2.12. The smallest absolute Gasteiger partial charge is 0.161 e. The van der Waals surface area contributed by atoms with Crippen LogP contribution in [-0.2, 0) is 5.41 Å². The van der Waals surface area contributed by atoms with Gasteiger partial charge in [-0.3, -0.25) is 0 Å². The van der Waals surface area contributed by atoms with E-state index in [9.17, 15) is 0 Å². The van der Waals surface area contributed by atoms with Crippen LogP contribution in [-0.4, -0.2) is 32.7 Å². The number of hydrogen-bond donors (Lipinski definition) is 0. The molecule has 114 valence electrons. The Bertz CT molecular complexity index is 566. The van der Waals surface area contributed by atoms with E-state index in [4.69, 9.17) is 9.47 Å². The van der Waals surface area contributed by atoms with Crippen molar-refractivity contribution in [1.82, 2.24) is 4.90 Å². The summed E-state index contributed by atoms with van der Waals surface area (Å²) in [6, 6.07) is 6.43. The Morgan fingerprint density at radius 1 is 1.19 bits per heavy atom. The Hall–Kier alpha value is -1.64. The SMILES string of the molecule is COc1ccc([C@]23CCN(C)C2=CCC[C@H]3C)cc1OC. The summed E-state index contributed by atoms with van der Waals surface area (Å²) in [6.45, 7) is 3.52. The fourth-order valence-electron chi connectivity index (χ4n) is 4.18. The first kappa shape index (κ1) is 14.3. The van der Waals surface area contributed by atoms with Crippen LogP contribution in [0, 0.1) is 5.92 Å². The summed E-state index contributed by atoms with van der Waals surface area (Å²) in [4.78, 5) is 2.42. The number of ether oxygens (including phenoxy) is 2. The highest BCUT2D eigenvalue weighted by Gasteiger charge is 2.48. The van der Waals surface area contributed by atoms with E-state index in [1.54, 1.807) is 14.2 Å². The molecule has 1 saturated heterocycles. The second-order valence-electron chi connectivity index (χ2n) is 6.28. The molecule has 2 atom stereocenters. The molecule has 21 heavy (non-hydrogen) atoms. The molecular weight excluding hydrogens is 262 g/mol. The molecule has 0 saturated carbocycles. The normalized spacial score (nSPS) is 28.1. The van der Waals surface area contributed by atoms with Crippen molar-refractivity contribution in [2.24, 2.45) is 5.92 Å². The van der Waals surface area contributed by atoms with Gasteiger partial charge in [-0.25, -0.2) is 0 Å². The topological polar surface area (TPSA) is 21.7 Å². The van der Waals surface area contributed by atoms with Gasteiger partial charge in [0.1, 0.15) is 0 Å². The number of fused-ring (bicyclic) bond motifs is 1. The zero-order valence-corrected chi connectivity index (χ0v) is 13.5. The molecule has 3 nitrogen and oxygen atoms in total. The highest BCUT2D eigenvalue weighted by Crippen LogP contribution is 2.52. The molecule has 1 aromatic carbocycles. The lowest BCUT2D eigenvalue weighted by Gasteiger charge is -2.41. The molecule has 0 radical (unpaired) electrons. The van der Waals surface area contributed by atoms with Crippen LogP contribution in [0.15, 0.2) is 30.0 Å². The van der Waals surface area contributed by atoms with Crippen molar-refractivity contribution < 1.29 is 9.47 Å². The van der Waals surface area contributed by atoms with E-state index in [0.717, 1.165) is 18.0 Å². The fourth-order valence-corrected chi connectivity index (χ4v) is 4.18.